The first-order valence-electron chi connectivity index (χ1n) is 9.06. The van der Waals surface area contributed by atoms with Crippen LogP contribution in [0.15, 0.2) is 0 Å². The van der Waals surface area contributed by atoms with E-state index in [4.69, 9.17) is 0 Å². The van der Waals surface area contributed by atoms with Gasteiger partial charge in [0.2, 0.25) is 0 Å². The lowest BCUT2D eigenvalue weighted by molar-refractivity contribution is 0.00755. The van der Waals surface area contributed by atoms with Gasteiger partial charge in [-0.3, -0.25) is 0 Å². The van der Waals surface area contributed by atoms with Gasteiger partial charge >= 0.3 is 0 Å². The molecule has 0 aromatic rings. The van der Waals surface area contributed by atoms with Crippen LogP contribution in [0.25, 0.3) is 0 Å². The molecule has 0 heterocycles. The van der Waals surface area contributed by atoms with Crippen molar-refractivity contribution in [2.75, 3.05) is 0 Å². The smallest absolute Gasteiger partial charge is 0.00913 e. The first-order valence-corrected chi connectivity index (χ1v) is 9.64. The third-order valence-corrected chi connectivity index (χ3v) is 8.02. The molecule has 0 aliphatic heterocycles. The van der Waals surface area contributed by atoms with Gasteiger partial charge in [0, 0.05) is 0 Å². The zero-order valence-electron chi connectivity index (χ0n) is 12.8. The highest BCUT2D eigenvalue weighted by Gasteiger charge is 2.52. The Morgan fingerprint density at radius 2 is 1.05 bits per heavy atom. The minimum atomic E-state index is 0.619. The van der Waals surface area contributed by atoms with Gasteiger partial charge in [-0.2, -0.15) is 0 Å². The van der Waals surface area contributed by atoms with E-state index in [9.17, 15) is 0 Å². The topological polar surface area (TPSA) is 0 Å². The average molecular weight is 280 g/mol. The minimum absolute atomic E-state index is 0.619. The van der Waals surface area contributed by atoms with Crippen LogP contribution in [0.2, 0.25) is 0 Å². The standard InChI is InChI=1S/C18H33P/c19-18(14-8-3-9-15-18)17(12-6-2-7-13-17)16-10-4-1-5-11-16/h16H,1-15,19H2. The maximum atomic E-state index is 3.43. The molecular weight excluding hydrogens is 247 g/mol. The number of hydrogen-bond donors (Lipinski definition) is 0. The Balaban J connectivity index is 1.86. The lowest BCUT2D eigenvalue weighted by atomic mass is 9.53. The predicted molar refractivity (Wildman–Crippen MR) is 87.6 cm³/mol. The average Bonchev–Trinajstić information content (AvgIpc) is 2.49. The van der Waals surface area contributed by atoms with Crippen LogP contribution in [0.3, 0.4) is 0 Å². The van der Waals surface area contributed by atoms with Crippen LogP contribution in [-0.2, 0) is 0 Å². The molecule has 110 valence electrons. The van der Waals surface area contributed by atoms with Gasteiger partial charge < -0.3 is 0 Å². The fourth-order valence-electron chi connectivity index (χ4n) is 5.83. The number of rotatable bonds is 2. The summed E-state index contributed by atoms with van der Waals surface area (Å²) in [5.41, 5.74) is 0.719. The van der Waals surface area contributed by atoms with Crippen LogP contribution in [0, 0.1) is 11.3 Å². The van der Waals surface area contributed by atoms with Crippen molar-refractivity contribution in [3.8, 4) is 0 Å². The van der Waals surface area contributed by atoms with Crippen LogP contribution in [-0.4, -0.2) is 5.16 Å². The summed E-state index contributed by atoms with van der Waals surface area (Å²) in [6, 6.07) is 0. The molecule has 3 rings (SSSR count). The summed E-state index contributed by atoms with van der Waals surface area (Å²) in [6.45, 7) is 0. The molecule has 0 aromatic carbocycles. The molecule has 0 radical (unpaired) electrons. The highest BCUT2D eigenvalue weighted by Crippen LogP contribution is 2.61. The predicted octanol–water partition coefficient (Wildman–Crippen LogP) is 6.10. The van der Waals surface area contributed by atoms with E-state index in [1.807, 2.05) is 0 Å². The summed E-state index contributed by atoms with van der Waals surface area (Å²) >= 11 is 0. The lowest BCUT2D eigenvalue weighted by Crippen LogP contribution is -2.51. The van der Waals surface area contributed by atoms with E-state index in [1.165, 1.54) is 70.6 Å². The van der Waals surface area contributed by atoms with Gasteiger partial charge in [-0.25, -0.2) is 0 Å². The van der Waals surface area contributed by atoms with Gasteiger partial charge in [0.25, 0.3) is 0 Å². The van der Waals surface area contributed by atoms with Gasteiger partial charge in [0.15, 0.2) is 0 Å². The Labute approximate surface area is 122 Å². The molecule has 3 saturated carbocycles. The minimum Gasteiger partial charge on any atom is -0.131 e. The van der Waals surface area contributed by atoms with Crippen LogP contribution >= 0.6 is 9.24 Å². The van der Waals surface area contributed by atoms with Crippen molar-refractivity contribution in [1.29, 1.82) is 0 Å². The monoisotopic (exact) mass is 280 g/mol. The van der Waals surface area contributed by atoms with E-state index >= 15 is 0 Å². The molecule has 0 nitrogen and oxygen atoms in total. The summed E-state index contributed by atoms with van der Waals surface area (Å²) in [5.74, 6) is 1.07. The zero-order chi connectivity index (χ0) is 13.2. The third kappa shape index (κ3) is 2.64. The molecule has 0 aromatic heterocycles. The quantitative estimate of drug-likeness (QED) is 0.536. The maximum absolute atomic E-state index is 3.43. The first kappa shape index (κ1) is 14.4. The molecule has 0 saturated heterocycles. The van der Waals surface area contributed by atoms with Gasteiger partial charge in [-0.05, 0) is 55.0 Å². The molecule has 1 atom stereocenters. The Kier molecular flexibility index (Phi) is 4.57. The van der Waals surface area contributed by atoms with E-state index < -0.39 is 0 Å². The van der Waals surface area contributed by atoms with Crippen molar-refractivity contribution in [1.82, 2.24) is 0 Å². The lowest BCUT2D eigenvalue weighted by Gasteiger charge is -2.58. The van der Waals surface area contributed by atoms with Crippen molar-refractivity contribution in [3.63, 3.8) is 0 Å². The summed E-state index contributed by atoms with van der Waals surface area (Å²) in [6.07, 6.45) is 22.8. The Hall–Kier alpha value is 0.430. The molecule has 3 fully saturated rings. The molecular formula is C18H33P. The van der Waals surface area contributed by atoms with Crippen molar-refractivity contribution < 1.29 is 0 Å². The normalized spacial score (nSPS) is 32.1. The third-order valence-electron chi connectivity index (χ3n) is 6.87. The van der Waals surface area contributed by atoms with E-state index in [-0.39, 0.29) is 0 Å². The Morgan fingerprint density at radius 1 is 0.579 bits per heavy atom. The molecule has 0 N–H and O–H groups in total. The van der Waals surface area contributed by atoms with Gasteiger partial charge in [0.1, 0.15) is 0 Å². The Bertz CT molecular complexity index is 278. The van der Waals surface area contributed by atoms with E-state index in [0.717, 1.165) is 11.3 Å². The second-order valence-corrected chi connectivity index (χ2v) is 8.87. The van der Waals surface area contributed by atoms with Crippen LogP contribution in [0.5, 0.6) is 0 Å². The largest absolute Gasteiger partial charge is 0.131 e. The molecule has 3 aliphatic carbocycles. The molecule has 1 unspecified atom stereocenters. The fourth-order valence-corrected chi connectivity index (χ4v) is 6.76. The second-order valence-electron chi connectivity index (χ2n) is 7.77. The van der Waals surface area contributed by atoms with Crippen molar-refractivity contribution in [2.24, 2.45) is 11.3 Å². The molecule has 19 heavy (non-hydrogen) atoms. The molecule has 0 amide bonds. The highest BCUT2D eigenvalue weighted by molar-refractivity contribution is 7.19. The van der Waals surface area contributed by atoms with E-state index in [2.05, 4.69) is 9.24 Å². The summed E-state index contributed by atoms with van der Waals surface area (Å²) in [5, 5.41) is 0.619. The van der Waals surface area contributed by atoms with Crippen molar-refractivity contribution in [2.45, 2.75) is 101 Å². The van der Waals surface area contributed by atoms with Gasteiger partial charge in [-0.1, -0.05) is 57.8 Å². The SMILES string of the molecule is PC1(C2(C3CCCCC3)CCCCC2)CCCCC1. The fraction of sp³-hybridized carbons (Fsp3) is 1.00. The number of hydrogen-bond acceptors (Lipinski definition) is 0. The second kappa shape index (κ2) is 6.05. The molecule has 1 heteroatoms. The van der Waals surface area contributed by atoms with Gasteiger partial charge in [0.05, 0.1) is 0 Å². The highest BCUT2D eigenvalue weighted by atomic mass is 31.0. The summed E-state index contributed by atoms with van der Waals surface area (Å²) in [4.78, 5) is 0. The zero-order valence-corrected chi connectivity index (χ0v) is 13.9. The van der Waals surface area contributed by atoms with E-state index in [0.29, 0.717) is 5.16 Å². The van der Waals surface area contributed by atoms with Crippen molar-refractivity contribution in [3.05, 3.63) is 0 Å². The molecule has 0 spiro atoms. The van der Waals surface area contributed by atoms with Crippen LogP contribution in [0.1, 0.15) is 96.3 Å². The molecule has 0 bridgehead atoms. The Morgan fingerprint density at radius 3 is 1.63 bits per heavy atom. The summed E-state index contributed by atoms with van der Waals surface area (Å²) < 4.78 is 0. The van der Waals surface area contributed by atoms with E-state index in [1.54, 1.807) is 25.7 Å². The van der Waals surface area contributed by atoms with Gasteiger partial charge in [-0.15, -0.1) is 9.24 Å². The summed E-state index contributed by atoms with van der Waals surface area (Å²) in [7, 11) is 3.43. The van der Waals surface area contributed by atoms with Crippen LogP contribution < -0.4 is 0 Å². The first-order chi connectivity index (χ1) is 9.27. The maximum Gasteiger partial charge on any atom is -0.00913 e. The van der Waals surface area contributed by atoms with Crippen molar-refractivity contribution >= 4 is 9.24 Å². The molecule has 3 aliphatic rings. The van der Waals surface area contributed by atoms with Crippen LogP contribution in [0.4, 0.5) is 0 Å².